The minimum absolute atomic E-state index is 0.0257. The molecule has 340 valence electrons. The van der Waals surface area contributed by atoms with Crippen molar-refractivity contribution in [1.29, 1.82) is 0 Å². The Morgan fingerprint density at radius 1 is 0.435 bits per heavy atom. The van der Waals surface area contributed by atoms with Crippen LogP contribution in [0.3, 0.4) is 0 Å². The largest absolute Gasteiger partial charge is 0.461 e. The second kappa shape index (κ2) is 22.6. The van der Waals surface area contributed by atoms with E-state index in [4.69, 9.17) is 9.47 Å². The third-order valence-corrected chi connectivity index (χ3v) is 12.9. The van der Waals surface area contributed by atoms with Gasteiger partial charge in [0, 0.05) is 35.0 Å². The van der Waals surface area contributed by atoms with Gasteiger partial charge in [-0.05, 0) is 62.5 Å². The predicted octanol–water partition coefficient (Wildman–Crippen LogP) is 7.47. The van der Waals surface area contributed by atoms with Crippen LogP contribution in [0.25, 0.3) is 0 Å². The molecule has 0 bridgehead atoms. The summed E-state index contributed by atoms with van der Waals surface area (Å²) in [4.78, 5) is 76.5. The molecule has 4 saturated carbocycles. The van der Waals surface area contributed by atoms with E-state index in [9.17, 15) is 28.8 Å². The number of ether oxygens (including phenoxy) is 2. The smallest absolute Gasteiger partial charge is 0.311 e. The van der Waals surface area contributed by atoms with Crippen molar-refractivity contribution >= 4 is 35.6 Å². The molecule has 62 heavy (non-hydrogen) atoms. The minimum atomic E-state index is -0.491. The lowest BCUT2D eigenvalue weighted by Crippen LogP contribution is -2.54. The van der Waals surface area contributed by atoms with Crippen molar-refractivity contribution in [3.63, 3.8) is 0 Å². The van der Waals surface area contributed by atoms with Crippen molar-refractivity contribution in [3.05, 3.63) is 71.8 Å². The standard InChI is InChI=1S/C26H38N2O4.C24H34N2O4/c1-26(2,3)25(31)28-21-15-9-7-13-19(21)23(29)27-22-16-10-8-14-20(22)24(30)32-17-18-11-5-4-6-12-18;1-24(2,3)23(29)26-19-13-7-11-17(19)21(27)25-20-14-8-12-18(20)22(28)30-15-16-9-5-4-6-10-16/h4-6,11-12,19-22H,7-10,13-17H2,1-3H3,(H,27,29)(H,28,31);4-6,9-10,17-20H,7-8,11-15H2,1-3H3,(H,25,27)(H,26,29). The molecule has 8 unspecified atom stereocenters. The number of rotatable bonds is 12. The molecule has 4 amide bonds. The fraction of sp³-hybridized carbons (Fsp3) is 0.640. The van der Waals surface area contributed by atoms with Crippen LogP contribution in [0, 0.1) is 34.5 Å². The quantitative estimate of drug-likeness (QED) is 0.160. The summed E-state index contributed by atoms with van der Waals surface area (Å²) in [5.41, 5.74) is 0.933. The number of nitrogens with one attached hydrogen (secondary N) is 4. The van der Waals surface area contributed by atoms with Crippen LogP contribution in [-0.2, 0) is 51.5 Å². The van der Waals surface area contributed by atoms with Gasteiger partial charge in [-0.3, -0.25) is 28.8 Å². The molecule has 2 aromatic carbocycles. The maximum absolute atomic E-state index is 13.2. The molecule has 0 spiro atoms. The van der Waals surface area contributed by atoms with Crippen LogP contribution >= 0.6 is 0 Å². The molecule has 6 rings (SSSR count). The van der Waals surface area contributed by atoms with E-state index in [0.29, 0.717) is 0 Å². The Labute approximate surface area is 369 Å². The molecule has 12 heteroatoms. The van der Waals surface area contributed by atoms with Crippen molar-refractivity contribution in [2.45, 2.75) is 169 Å². The number of carbonyl (C=O) groups is 6. The summed E-state index contributed by atoms with van der Waals surface area (Å²) < 4.78 is 11.1. The number of benzene rings is 2. The Morgan fingerprint density at radius 3 is 1.13 bits per heavy atom. The van der Waals surface area contributed by atoms with Gasteiger partial charge in [0.1, 0.15) is 13.2 Å². The van der Waals surface area contributed by atoms with Gasteiger partial charge in [0.25, 0.3) is 0 Å². The Morgan fingerprint density at radius 2 is 0.742 bits per heavy atom. The van der Waals surface area contributed by atoms with E-state index >= 15 is 0 Å². The molecule has 0 aromatic heterocycles. The van der Waals surface area contributed by atoms with Crippen LogP contribution in [0.5, 0.6) is 0 Å². The molecule has 12 nitrogen and oxygen atoms in total. The minimum Gasteiger partial charge on any atom is -0.461 e. The summed E-state index contributed by atoms with van der Waals surface area (Å²) in [6, 6.07) is 18.6. The van der Waals surface area contributed by atoms with E-state index in [-0.39, 0.29) is 96.6 Å². The molecule has 4 aliphatic carbocycles. The third kappa shape index (κ3) is 14.1. The van der Waals surface area contributed by atoms with Crippen molar-refractivity contribution in [3.8, 4) is 0 Å². The normalized spacial score (nSPS) is 26.2. The van der Waals surface area contributed by atoms with Gasteiger partial charge < -0.3 is 30.7 Å². The molecule has 0 radical (unpaired) electrons. The second-order valence-corrected chi connectivity index (χ2v) is 19.9. The van der Waals surface area contributed by atoms with Crippen molar-refractivity contribution in [2.24, 2.45) is 34.5 Å². The van der Waals surface area contributed by atoms with Crippen molar-refractivity contribution in [2.75, 3.05) is 0 Å². The summed E-state index contributed by atoms with van der Waals surface area (Å²) in [6.07, 6.45) is 11.9. The fourth-order valence-electron chi connectivity index (χ4n) is 9.09. The molecule has 2 aromatic rings. The highest BCUT2D eigenvalue weighted by Crippen LogP contribution is 2.32. The molecule has 0 heterocycles. The number of hydrogen-bond acceptors (Lipinski definition) is 8. The average Bonchev–Trinajstić information content (AvgIpc) is 3.92. The van der Waals surface area contributed by atoms with Gasteiger partial charge >= 0.3 is 11.9 Å². The average molecular weight is 857 g/mol. The number of esters is 2. The van der Waals surface area contributed by atoms with Crippen LogP contribution in [-0.4, -0.2) is 59.7 Å². The first-order valence-electron chi connectivity index (χ1n) is 23.1. The van der Waals surface area contributed by atoms with Gasteiger partial charge in [-0.15, -0.1) is 0 Å². The molecule has 0 saturated heterocycles. The maximum Gasteiger partial charge on any atom is 0.311 e. The van der Waals surface area contributed by atoms with Crippen LogP contribution in [0.1, 0.15) is 143 Å². The summed E-state index contributed by atoms with van der Waals surface area (Å²) in [7, 11) is 0. The Hall–Kier alpha value is -4.74. The SMILES string of the molecule is CC(C)(C)C(=O)NC1CCCC1C(=O)NC1CCCC1C(=O)OCc1ccccc1.CC(C)(C)C(=O)NC1CCCCC1C(=O)NC1CCCCC1C(=O)OCc1ccccc1. The fourth-order valence-corrected chi connectivity index (χ4v) is 9.09. The zero-order valence-corrected chi connectivity index (χ0v) is 38.0. The summed E-state index contributed by atoms with van der Waals surface area (Å²) >= 11 is 0. The lowest BCUT2D eigenvalue weighted by atomic mass is 9.81. The second-order valence-electron chi connectivity index (χ2n) is 19.9. The first-order chi connectivity index (χ1) is 29.5. The molecule has 8 atom stereocenters. The Bertz CT molecular complexity index is 1810. The van der Waals surface area contributed by atoms with Gasteiger partial charge in [-0.1, -0.05) is 141 Å². The summed E-state index contributed by atoms with van der Waals surface area (Å²) in [5.74, 6) is -1.75. The lowest BCUT2D eigenvalue weighted by Gasteiger charge is -2.36. The van der Waals surface area contributed by atoms with E-state index in [1.165, 1.54) is 0 Å². The molecule has 4 fully saturated rings. The van der Waals surface area contributed by atoms with E-state index in [1.807, 2.05) is 102 Å². The Kier molecular flexibility index (Phi) is 17.6. The molecule has 4 aliphatic rings. The highest BCUT2D eigenvalue weighted by atomic mass is 16.5. The zero-order chi connectivity index (χ0) is 44.9. The summed E-state index contributed by atoms with van der Waals surface area (Å²) in [5, 5.41) is 12.4. The van der Waals surface area contributed by atoms with Crippen LogP contribution < -0.4 is 21.3 Å². The van der Waals surface area contributed by atoms with Gasteiger partial charge in [-0.25, -0.2) is 0 Å². The number of carbonyl (C=O) groups excluding carboxylic acids is 6. The van der Waals surface area contributed by atoms with E-state index in [0.717, 1.165) is 101 Å². The lowest BCUT2D eigenvalue weighted by molar-refractivity contribution is -0.153. The van der Waals surface area contributed by atoms with E-state index < -0.39 is 10.8 Å². The van der Waals surface area contributed by atoms with Gasteiger partial charge in [0.05, 0.1) is 23.7 Å². The van der Waals surface area contributed by atoms with Gasteiger partial charge in [-0.2, -0.15) is 0 Å². The van der Waals surface area contributed by atoms with E-state index in [1.54, 1.807) is 0 Å². The first kappa shape index (κ1) is 48.3. The third-order valence-electron chi connectivity index (χ3n) is 12.9. The molecular weight excluding hydrogens is 785 g/mol. The number of amides is 4. The number of hydrogen-bond donors (Lipinski definition) is 4. The monoisotopic (exact) mass is 857 g/mol. The van der Waals surface area contributed by atoms with Crippen LogP contribution in [0.2, 0.25) is 0 Å². The summed E-state index contributed by atoms with van der Waals surface area (Å²) in [6.45, 7) is 11.8. The van der Waals surface area contributed by atoms with E-state index in [2.05, 4.69) is 21.3 Å². The van der Waals surface area contributed by atoms with Crippen LogP contribution in [0.15, 0.2) is 60.7 Å². The van der Waals surface area contributed by atoms with Crippen LogP contribution in [0.4, 0.5) is 0 Å². The molecule has 4 N–H and O–H groups in total. The highest BCUT2D eigenvalue weighted by Gasteiger charge is 2.41. The first-order valence-corrected chi connectivity index (χ1v) is 23.1. The van der Waals surface area contributed by atoms with Crippen molar-refractivity contribution < 1.29 is 38.2 Å². The maximum atomic E-state index is 13.2. The molecule has 0 aliphatic heterocycles. The highest BCUT2D eigenvalue weighted by molar-refractivity contribution is 5.86. The topological polar surface area (TPSA) is 169 Å². The predicted molar refractivity (Wildman–Crippen MR) is 238 cm³/mol. The van der Waals surface area contributed by atoms with Gasteiger partial charge in [0.15, 0.2) is 0 Å². The van der Waals surface area contributed by atoms with Crippen molar-refractivity contribution in [1.82, 2.24) is 21.3 Å². The van der Waals surface area contributed by atoms with Gasteiger partial charge in [0.2, 0.25) is 23.6 Å². The molecular formula is C50H72N4O8. The zero-order valence-electron chi connectivity index (χ0n) is 38.0. The Balaban J connectivity index is 0.000000235.